The first-order chi connectivity index (χ1) is 20.1. The second kappa shape index (κ2) is 12.4. The largest absolute Gasteiger partial charge is 0.455 e. The zero-order chi connectivity index (χ0) is 29.9. The van der Waals surface area contributed by atoms with Gasteiger partial charge in [-0.05, 0) is 54.6 Å². The van der Waals surface area contributed by atoms with Crippen molar-refractivity contribution in [3.05, 3.63) is 107 Å². The van der Waals surface area contributed by atoms with Gasteiger partial charge in [-0.3, -0.25) is 4.79 Å². The van der Waals surface area contributed by atoms with Crippen molar-refractivity contribution < 1.29 is 26.0 Å². The highest BCUT2D eigenvalue weighted by atomic mass is 35.5. The van der Waals surface area contributed by atoms with E-state index in [1.165, 1.54) is 30.5 Å². The minimum absolute atomic E-state index is 0.0188. The van der Waals surface area contributed by atoms with Gasteiger partial charge in [-0.2, -0.15) is 13.7 Å². The molecule has 1 amide bonds. The molecule has 5 rings (SSSR count). The van der Waals surface area contributed by atoms with E-state index in [9.17, 15) is 21.6 Å². The number of rotatable bonds is 8. The molecule has 4 aromatic rings. The molecule has 1 fully saturated rings. The van der Waals surface area contributed by atoms with E-state index in [2.05, 4.69) is 10.5 Å². The van der Waals surface area contributed by atoms with Crippen molar-refractivity contribution in [3.8, 4) is 11.3 Å². The van der Waals surface area contributed by atoms with Gasteiger partial charge >= 0.3 is 0 Å². The number of piperazine rings is 1. The zero-order valence-corrected chi connectivity index (χ0v) is 24.9. The van der Waals surface area contributed by atoms with Crippen LogP contribution in [-0.2, 0) is 24.8 Å². The second-order valence-corrected chi connectivity index (χ2v) is 13.9. The van der Waals surface area contributed by atoms with E-state index in [0.29, 0.717) is 21.4 Å². The number of halogens is 2. The summed E-state index contributed by atoms with van der Waals surface area (Å²) in [6, 6.07) is 22.2. The zero-order valence-electron chi connectivity index (χ0n) is 21.8. The Kier molecular flexibility index (Phi) is 8.83. The lowest BCUT2D eigenvalue weighted by Crippen LogP contribution is -2.60. The normalized spacial score (nSPS) is 17.0. The summed E-state index contributed by atoms with van der Waals surface area (Å²) in [6.07, 6.45) is 1.24. The van der Waals surface area contributed by atoms with Crippen molar-refractivity contribution in [2.24, 2.45) is 5.10 Å². The van der Waals surface area contributed by atoms with E-state index in [0.717, 1.165) is 8.61 Å². The summed E-state index contributed by atoms with van der Waals surface area (Å²) >= 11 is 12.2. The molecule has 0 bridgehead atoms. The maximum atomic E-state index is 13.5. The van der Waals surface area contributed by atoms with Crippen LogP contribution in [0.2, 0.25) is 10.0 Å². The van der Waals surface area contributed by atoms with Crippen LogP contribution in [0.4, 0.5) is 0 Å². The molecule has 14 heteroatoms. The van der Waals surface area contributed by atoms with Crippen LogP contribution in [0.3, 0.4) is 0 Å². The van der Waals surface area contributed by atoms with E-state index < -0.39 is 38.5 Å². The lowest BCUT2D eigenvalue weighted by atomic mass is 10.2. The van der Waals surface area contributed by atoms with Gasteiger partial charge in [-0.1, -0.05) is 59.6 Å². The molecule has 0 radical (unpaired) electrons. The molecule has 1 aliphatic rings. The molecule has 10 nitrogen and oxygen atoms in total. The third-order valence-electron chi connectivity index (χ3n) is 6.52. The van der Waals surface area contributed by atoms with E-state index in [4.69, 9.17) is 27.6 Å². The number of nitrogens with zero attached hydrogens (tertiary/aromatic N) is 3. The van der Waals surface area contributed by atoms with Crippen LogP contribution in [0.1, 0.15) is 5.76 Å². The molecule has 1 N–H and O–H groups in total. The molecule has 3 aromatic carbocycles. The Hall–Kier alpha value is -3.52. The van der Waals surface area contributed by atoms with Gasteiger partial charge in [0.1, 0.15) is 17.6 Å². The molecule has 218 valence electrons. The standard InChI is InChI=1S/C28H24Cl2N4O6S2/c29-20-11-13-24(25(30)17-20)27-14-12-21(40-27)18-31-32-28(35)26-19-33(41(36,37)22-7-3-1-4-8-22)15-16-34(26)42(38,39)23-9-5-2-6-10-23/h1-14,17-18,26H,15-16,19H2,(H,32,35)/b31-18-/t26-/m1/s1. The summed E-state index contributed by atoms with van der Waals surface area (Å²) in [7, 11) is -8.14. The van der Waals surface area contributed by atoms with Crippen molar-refractivity contribution in [3.63, 3.8) is 0 Å². The van der Waals surface area contributed by atoms with E-state index >= 15 is 0 Å². The summed E-state index contributed by atoms with van der Waals surface area (Å²) in [5.74, 6) is -0.0909. The Labute approximate surface area is 253 Å². The maximum absolute atomic E-state index is 13.5. The SMILES string of the molecule is O=C(N/N=C\c1ccc(-c2ccc(Cl)cc2Cl)o1)[C@H]1CN(S(=O)(=O)c2ccccc2)CCN1S(=O)(=O)c1ccccc1. The quantitative estimate of drug-likeness (QED) is 0.222. The highest BCUT2D eigenvalue weighted by molar-refractivity contribution is 7.89. The van der Waals surface area contributed by atoms with Crippen LogP contribution < -0.4 is 5.43 Å². The third kappa shape index (κ3) is 6.28. The fourth-order valence-electron chi connectivity index (χ4n) is 4.42. The Balaban J connectivity index is 1.38. The molecular formula is C28H24Cl2N4O6S2. The van der Waals surface area contributed by atoms with Gasteiger partial charge in [-0.25, -0.2) is 22.3 Å². The Bertz CT molecular complexity index is 1830. The number of hydrogen-bond acceptors (Lipinski definition) is 7. The van der Waals surface area contributed by atoms with Crippen LogP contribution in [0.25, 0.3) is 11.3 Å². The number of amides is 1. The van der Waals surface area contributed by atoms with Gasteiger partial charge in [-0.15, -0.1) is 0 Å². The Morgan fingerprint density at radius 2 is 1.50 bits per heavy atom. The fraction of sp³-hybridized carbons (Fsp3) is 0.143. The van der Waals surface area contributed by atoms with Gasteiger partial charge in [0, 0.05) is 30.2 Å². The molecule has 0 saturated carbocycles. The molecule has 0 spiro atoms. The van der Waals surface area contributed by atoms with Gasteiger partial charge in [0.15, 0.2) is 0 Å². The molecule has 1 saturated heterocycles. The summed E-state index contributed by atoms with van der Waals surface area (Å²) in [6.45, 7) is -0.794. The molecule has 42 heavy (non-hydrogen) atoms. The minimum Gasteiger partial charge on any atom is -0.455 e. The number of furan rings is 1. The van der Waals surface area contributed by atoms with Crippen molar-refractivity contribution in [2.75, 3.05) is 19.6 Å². The van der Waals surface area contributed by atoms with Gasteiger partial charge < -0.3 is 4.42 Å². The summed E-state index contributed by atoms with van der Waals surface area (Å²) in [5, 5.41) is 4.80. The highest BCUT2D eigenvalue weighted by Gasteiger charge is 2.43. The predicted octanol–water partition coefficient (Wildman–Crippen LogP) is 4.47. The number of sulfonamides is 2. The first-order valence-electron chi connectivity index (χ1n) is 12.6. The highest BCUT2D eigenvalue weighted by Crippen LogP contribution is 2.31. The van der Waals surface area contributed by atoms with Crippen LogP contribution in [0.15, 0.2) is 110 Å². The molecular weight excluding hydrogens is 623 g/mol. The monoisotopic (exact) mass is 646 g/mol. The minimum atomic E-state index is -4.14. The molecule has 0 unspecified atom stereocenters. The average molecular weight is 648 g/mol. The number of benzene rings is 3. The lowest BCUT2D eigenvalue weighted by molar-refractivity contribution is -0.125. The van der Waals surface area contributed by atoms with Crippen molar-refractivity contribution in [1.82, 2.24) is 14.0 Å². The van der Waals surface area contributed by atoms with Gasteiger partial charge in [0.05, 0.1) is 21.0 Å². The molecule has 0 aliphatic carbocycles. The number of hydrogen-bond donors (Lipinski definition) is 1. The van der Waals surface area contributed by atoms with E-state index in [-0.39, 0.29) is 28.6 Å². The summed E-state index contributed by atoms with van der Waals surface area (Å²) < 4.78 is 61.5. The maximum Gasteiger partial charge on any atom is 0.259 e. The number of hydrazone groups is 1. The van der Waals surface area contributed by atoms with Crippen LogP contribution in [0, 0.1) is 0 Å². The Morgan fingerprint density at radius 1 is 0.857 bits per heavy atom. The second-order valence-electron chi connectivity index (χ2n) is 9.18. The van der Waals surface area contributed by atoms with Crippen LogP contribution >= 0.6 is 23.2 Å². The third-order valence-corrected chi connectivity index (χ3v) is 10.9. The topological polar surface area (TPSA) is 129 Å². The number of carbonyl (C=O) groups excluding carboxylic acids is 1. The van der Waals surface area contributed by atoms with Crippen molar-refractivity contribution in [2.45, 2.75) is 15.8 Å². The van der Waals surface area contributed by atoms with Gasteiger partial charge in [0.2, 0.25) is 20.0 Å². The molecule has 1 aromatic heterocycles. The average Bonchev–Trinajstić information content (AvgIpc) is 3.46. The van der Waals surface area contributed by atoms with E-state index in [1.54, 1.807) is 66.7 Å². The van der Waals surface area contributed by atoms with Crippen LogP contribution in [-0.4, -0.2) is 63.2 Å². The summed E-state index contributed by atoms with van der Waals surface area (Å²) in [4.78, 5) is 13.4. The number of carbonyl (C=O) groups is 1. The fourth-order valence-corrected chi connectivity index (χ4v) is 7.97. The van der Waals surface area contributed by atoms with E-state index in [1.807, 2.05) is 0 Å². The van der Waals surface area contributed by atoms with Crippen molar-refractivity contribution >= 4 is 55.4 Å². The molecule has 1 aliphatic heterocycles. The lowest BCUT2D eigenvalue weighted by Gasteiger charge is -2.38. The molecule has 1 atom stereocenters. The first-order valence-corrected chi connectivity index (χ1v) is 16.2. The van der Waals surface area contributed by atoms with Crippen molar-refractivity contribution in [1.29, 1.82) is 0 Å². The predicted molar refractivity (Wildman–Crippen MR) is 159 cm³/mol. The smallest absolute Gasteiger partial charge is 0.259 e. The first kappa shape index (κ1) is 30.0. The molecule has 2 heterocycles. The number of nitrogens with one attached hydrogen (secondary N) is 1. The Morgan fingerprint density at radius 3 is 2.14 bits per heavy atom. The van der Waals surface area contributed by atoms with Crippen LogP contribution in [0.5, 0.6) is 0 Å². The summed E-state index contributed by atoms with van der Waals surface area (Å²) in [5.41, 5.74) is 2.94. The van der Waals surface area contributed by atoms with Gasteiger partial charge in [0.25, 0.3) is 5.91 Å².